The summed E-state index contributed by atoms with van der Waals surface area (Å²) >= 11 is 0. The summed E-state index contributed by atoms with van der Waals surface area (Å²) in [7, 11) is 1.35. The maximum Gasteiger partial charge on any atom is 0.339 e. The number of amides is 1. The molecule has 0 fully saturated rings. The Labute approximate surface area is 120 Å². The number of phenolic OH excluding ortho intramolecular Hbond substituents is 1. The summed E-state index contributed by atoms with van der Waals surface area (Å²) in [6, 6.07) is 10.0. The molecule has 2 rings (SSSR count). The van der Waals surface area contributed by atoms with Crippen molar-refractivity contribution in [2.24, 2.45) is 0 Å². The first-order valence-electron chi connectivity index (χ1n) is 6.03. The van der Waals surface area contributed by atoms with E-state index >= 15 is 0 Å². The molecule has 6 heteroatoms. The molecule has 2 aromatic rings. The van der Waals surface area contributed by atoms with Crippen LogP contribution in [0.4, 0.5) is 5.69 Å². The fourth-order valence-corrected chi connectivity index (χ4v) is 1.76. The van der Waals surface area contributed by atoms with Crippen LogP contribution < -0.4 is 10.1 Å². The van der Waals surface area contributed by atoms with Gasteiger partial charge in [0, 0.05) is 17.3 Å². The third-order valence-electron chi connectivity index (χ3n) is 2.82. The molecule has 0 saturated carbocycles. The van der Waals surface area contributed by atoms with Crippen LogP contribution in [0, 0.1) is 0 Å². The van der Waals surface area contributed by atoms with Gasteiger partial charge in [0.25, 0.3) is 5.91 Å². The molecule has 3 N–H and O–H groups in total. The normalized spacial score (nSPS) is 9.95. The minimum Gasteiger partial charge on any atom is -0.508 e. The van der Waals surface area contributed by atoms with Crippen LogP contribution in [0.5, 0.6) is 11.5 Å². The zero-order valence-electron chi connectivity index (χ0n) is 11.2. The molecule has 0 aliphatic rings. The van der Waals surface area contributed by atoms with Gasteiger partial charge in [0.1, 0.15) is 17.1 Å². The molecule has 108 valence electrons. The Morgan fingerprint density at radius 1 is 1.10 bits per heavy atom. The quantitative estimate of drug-likeness (QED) is 0.802. The molecule has 1 amide bonds. The van der Waals surface area contributed by atoms with Gasteiger partial charge in [0.2, 0.25) is 0 Å². The molecule has 0 aliphatic carbocycles. The second kappa shape index (κ2) is 5.96. The van der Waals surface area contributed by atoms with Crippen LogP contribution in [0.25, 0.3) is 0 Å². The maximum absolute atomic E-state index is 12.0. The van der Waals surface area contributed by atoms with Crippen molar-refractivity contribution < 1.29 is 24.5 Å². The Morgan fingerprint density at radius 3 is 2.33 bits per heavy atom. The fraction of sp³-hybridized carbons (Fsp3) is 0.0667. The predicted molar refractivity (Wildman–Crippen MR) is 76.0 cm³/mol. The maximum atomic E-state index is 12.0. The number of aromatic hydroxyl groups is 1. The fourth-order valence-electron chi connectivity index (χ4n) is 1.76. The SMILES string of the molecule is COc1cc(NC(=O)c2ccc(O)cc2)ccc1C(=O)O. The second-order valence-corrected chi connectivity index (χ2v) is 4.22. The van der Waals surface area contributed by atoms with Gasteiger partial charge >= 0.3 is 5.97 Å². The highest BCUT2D eigenvalue weighted by Gasteiger charge is 2.13. The molecule has 0 unspecified atom stereocenters. The third-order valence-corrected chi connectivity index (χ3v) is 2.82. The van der Waals surface area contributed by atoms with Gasteiger partial charge in [-0.3, -0.25) is 4.79 Å². The van der Waals surface area contributed by atoms with E-state index in [0.29, 0.717) is 11.3 Å². The number of hydrogen-bond acceptors (Lipinski definition) is 4. The number of ether oxygens (including phenoxy) is 1. The first-order chi connectivity index (χ1) is 10.0. The van der Waals surface area contributed by atoms with E-state index in [0.717, 1.165) is 0 Å². The number of nitrogens with one attached hydrogen (secondary N) is 1. The number of carboxylic acid groups (broad SMARTS) is 1. The van der Waals surface area contributed by atoms with Gasteiger partial charge in [0.05, 0.1) is 7.11 Å². The highest BCUT2D eigenvalue weighted by atomic mass is 16.5. The number of carbonyl (C=O) groups excluding carboxylic acids is 1. The number of carboxylic acids is 1. The van der Waals surface area contributed by atoms with E-state index < -0.39 is 5.97 Å². The number of rotatable bonds is 4. The van der Waals surface area contributed by atoms with Crippen molar-refractivity contribution in [3.05, 3.63) is 53.6 Å². The Balaban J connectivity index is 2.21. The lowest BCUT2D eigenvalue weighted by molar-refractivity contribution is 0.0693. The Kier molecular flexibility index (Phi) is 4.08. The first kappa shape index (κ1) is 14.4. The summed E-state index contributed by atoms with van der Waals surface area (Å²) in [5, 5.41) is 20.8. The number of benzene rings is 2. The highest BCUT2D eigenvalue weighted by molar-refractivity contribution is 6.04. The molecule has 0 aliphatic heterocycles. The number of carbonyl (C=O) groups is 2. The van der Waals surface area contributed by atoms with Gasteiger partial charge in [-0.25, -0.2) is 4.79 Å². The van der Waals surface area contributed by atoms with Crippen molar-refractivity contribution >= 4 is 17.6 Å². The van der Waals surface area contributed by atoms with E-state index in [9.17, 15) is 14.7 Å². The van der Waals surface area contributed by atoms with E-state index in [4.69, 9.17) is 9.84 Å². The summed E-state index contributed by atoms with van der Waals surface area (Å²) in [6.07, 6.45) is 0. The summed E-state index contributed by atoms with van der Waals surface area (Å²) in [5.41, 5.74) is 0.795. The summed E-state index contributed by atoms with van der Waals surface area (Å²) in [6.45, 7) is 0. The van der Waals surface area contributed by atoms with Gasteiger partial charge in [-0.15, -0.1) is 0 Å². The Hall–Kier alpha value is -3.02. The number of phenols is 1. The van der Waals surface area contributed by atoms with Gasteiger partial charge in [0.15, 0.2) is 0 Å². The molecule has 0 atom stereocenters. The van der Waals surface area contributed by atoms with Gasteiger partial charge in [-0.2, -0.15) is 0 Å². The molecular formula is C15H13NO5. The Morgan fingerprint density at radius 2 is 1.76 bits per heavy atom. The standard InChI is InChI=1S/C15H13NO5/c1-21-13-8-10(4-7-12(13)15(19)20)16-14(18)9-2-5-11(17)6-3-9/h2-8,17H,1H3,(H,16,18)(H,19,20). The van der Waals surface area contributed by atoms with Crippen LogP contribution in [-0.2, 0) is 0 Å². The molecule has 0 spiro atoms. The summed E-state index contributed by atoms with van der Waals surface area (Å²) in [5.74, 6) is -1.26. The van der Waals surface area contributed by atoms with Crippen LogP contribution in [0.1, 0.15) is 20.7 Å². The average molecular weight is 287 g/mol. The Bertz CT molecular complexity index is 679. The third kappa shape index (κ3) is 3.30. The number of methoxy groups -OCH3 is 1. The van der Waals surface area contributed by atoms with Crippen LogP contribution in [0.3, 0.4) is 0 Å². The predicted octanol–water partition coefficient (Wildman–Crippen LogP) is 2.35. The molecule has 0 radical (unpaired) electrons. The number of hydrogen-bond donors (Lipinski definition) is 3. The van der Waals surface area contributed by atoms with Crippen LogP contribution in [0.2, 0.25) is 0 Å². The molecule has 0 saturated heterocycles. The van der Waals surface area contributed by atoms with Crippen molar-refractivity contribution in [1.82, 2.24) is 0 Å². The van der Waals surface area contributed by atoms with E-state index in [1.54, 1.807) is 0 Å². The molecule has 21 heavy (non-hydrogen) atoms. The van der Waals surface area contributed by atoms with Gasteiger partial charge in [-0.1, -0.05) is 0 Å². The first-order valence-corrected chi connectivity index (χ1v) is 6.03. The molecular weight excluding hydrogens is 274 g/mol. The molecule has 0 bridgehead atoms. The largest absolute Gasteiger partial charge is 0.508 e. The van der Waals surface area contributed by atoms with Crippen molar-refractivity contribution in [3.8, 4) is 11.5 Å². The van der Waals surface area contributed by atoms with Crippen molar-refractivity contribution in [1.29, 1.82) is 0 Å². The molecule has 0 aromatic heterocycles. The second-order valence-electron chi connectivity index (χ2n) is 4.22. The lowest BCUT2D eigenvalue weighted by Gasteiger charge is -2.09. The molecule has 0 heterocycles. The van der Waals surface area contributed by atoms with E-state index in [-0.39, 0.29) is 23.0 Å². The zero-order valence-corrected chi connectivity index (χ0v) is 11.2. The van der Waals surface area contributed by atoms with Crippen molar-refractivity contribution in [2.45, 2.75) is 0 Å². The zero-order chi connectivity index (χ0) is 15.4. The van der Waals surface area contributed by atoms with Gasteiger partial charge < -0.3 is 20.3 Å². The van der Waals surface area contributed by atoms with Crippen LogP contribution in [-0.4, -0.2) is 29.2 Å². The van der Waals surface area contributed by atoms with Crippen molar-refractivity contribution in [3.63, 3.8) is 0 Å². The topological polar surface area (TPSA) is 95.9 Å². The minimum atomic E-state index is -1.11. The van der Waals surface area contributed by atoms with Crippen LogP contribution in [0.15, 0.2) is 42.5 Å². The summed E-state index contributed by atoms with van der Waals surface area (Å²) < 4.78 is 4.99. The van der Waals surface area contributed by atoms with Crippen LogP contribution >= 0.6 is 0 Å². The highest BCUT2D eigenvalue weighted by Crippen LogP contribution is 2.23. The van der Waals surface area contributed by atoms with Crippen molar-refractivity contribution in [2.75, 3.05) is 12.4 Å². The molecule has 2 aromatic carbocycles. The molecule has 6 nitrogen and oxygen atoms in total. The smallest absolute Gasteiger partial charge is 0.339 e. The average Bonchev–Trinajstić information content (AvgIpc) is 2.47. The lowest BCUT2D eigenvalue weighted by Crippen LogP contribution is -2.12. The van der Waals surface area contributed by atoms with E-state index in [2.05, 4.69) is 5.32 Å². The number of anilines is 1. The monoisotopic (exact) mass is 287 g/mol. The minimum absolute atomic E-state index is 0.0140. The summed E-state index contributed by atoms with van der Waals surface area (Å²) in [4.78, 5) is 23.0. The number of aromatic carboxylic acids is 1. The van der Waals surface area contributed by atoms with E-state index in [1.165, 1.54) is 49.6 Å². The van der Waals surface area contributed by atoms with Gasteiger partial charge in [-0.05, 0) is 36.4 Å². The van der Waals surface area contributed by atoms with E-state index in [1.807, 2.05) is 0 Å². The lowest BCUT2D eigenvalue weighted by atomic mass is 10.1.